The summed E-state index contributed by atoms with van der Waals surface area (Å²) in [7, 11) is 0. The average Bonchev–Trinajstić information content (AvgIpc) is 2.84. The second-order valence-corrected chi connectivity index (χ2v) is 5.91. The van der Waals surface area contributed by atoms with Gasteiger partial charge in [0.2, 0.25) is 0 Å². The van der Waals surface area contributed by atoms with E-state index >= 15 is 0 Å². The van der Waals surface area contributed by atoms with E-state index in [1.807, 2.05) is 61.5 Å². The molecule has 0 amide bonds. The monoisotopic (exact) mass is 280 g/mol. The number of rotatable bonds is 4. The molecule has 0 saturated heterocycles. The molecule has 2 nitrogen and oxygen atoms in total. The first-order valence-corrected chi connectivity index (χ1v) is 7.50. The number of fused-ring (bicyclic) bond motifs is 1. The van der Waals surface area contributed by atoms with Crippen LogP contribution in [0.1, 0.15) is 42.1 Å². The van der Waals surface area contributed by atoms with Crippen LogP contribution in [-0.2, 0) is 11.2 Å². The zero-order valence-electron chi connectivity index (χ0n) is 12.2. The minimum Gasteiger partial charge on any atom is -0.388 e. The van der Waals surface area contributed by atoms with Crippen LogP contribution in [0.15, 0.2) is 54.6 Å². The highest BCUT2D eigenvalue weighted by molar-refractivity contribution is 5.85. The third kappa shape index (κ3) is 2.77. The van der Waals surface area contributed by atoms with Gasteiger partial charge in [0.05, 0.1) is 6.10 Å². The van der Waals surface area contributed by atoms with Gasteiger partial charge in [-0.3, -0.25) is 4.79 Å². The molecule has 0 saturated carbocycles. The van der Waals surface area contributed by atoms with E-state index in [1.165, 1.54) is 5.56 Å². The smallest absolute Gasteiger partial charge is 0.140 e. The van der Waals surface area contributed by atoms with Crippen LogP contribution < -0.4 is 0 Å². The van der Waals surface area contributed by atoms with Gasteiger partial charge in [-0.25, -0.2) is 0 Å². The van der Waals surface area contributed by atoms with Crippen molar-refractivity contribution < 1.29 is 9.90 Å². The van der Waals surface area contributed by atoms with E-state index in [9.17, 15) is 9.90 Å². The van der Waals surface area contributed by atoms with Crippen LogP contribution in [0.4, 0.5) is 0 Å². The molecule has 3 atom stereocenters. The van der Waals surface area contributed by atoms with Crippen LogP contribution in [0, 0.1) is 5.92 Å². The van der Waals surface area contributed by atoms with Crippen molar-refractivity contribution >= 4 is 5.78 Å². The van der Waals surface area contributed by atoms with Gasteiger partial charge in [-0.2, -0.15) is 0 Å². The molecule has 0 aliphatic heterocycles. The van der Waals surface area contributed by atoms with E-state index in [0.29, 0.717) is 6.42 Å². The minimum atomic E-state index is -0.506. The zero-order valence-corrected chi connectivity index (χ0v) is 12.2. The fraction of sp³-hybridized carbons (Fsp3) is 0.316. The maximum Gasteiger partial charge on any atom is 0.140 e. The largest absolute Gasteiger partial charge is 0.388 e. The molecule has 0 spiro atoms. The Hall–Kier alpha value is -1.93. The van der Waals surface area contributed by atoms with E-state index in [2.05, 4.69) is 0 Å². The summed E-state index contributed by atoms with van der Waals surface area (Å²) in [6.07, 6.45) is 0.726. The first kappa shape index (κ1) is 14.0. The number of hydrogen-bond acceptors (Lipinski definition) is 2. The topological polar surface area (TPSA) is 37.3 Å². The van der Waals surface area contributed by atoms with Gasteiger partial charge >= 0.3 is 0 Å². The Morgan fingerprint density at radius 3 is 2.52 bits per heavy atom. The first-order chi connectivity index (χ1) is 10.2. The molecule has 0 radical (unpaired) electrons. The van der Waals surface area contributed by atoms with E-state index < -0.39 is 6.10 Å². The lowest BCUT2D eigenvalue weighted by Gasteiger charge is -2.17. The Morgan fingerprint density at radius 1 is 1.14 bits per heavy atom. The van der Waals surface area contributed by atoms with Crippen LogP contribution in [0.3, 0.4) is 0 Å². The lowest BCUT2D eigenvalue weighted by Crippen LogP contribution is -2.17. The Balaban J connectivity index is 1.70. The fourth-order valence-electron chi connectivity index (χ4n) is 3.20. The molecular weight excluding hydrogens is 260 g/mol. The highest BCUT2D eigenvalue weighted by atomic mass is 16.3. The van der Waals surface area contributed by atoms with Gasteiger partial charge < -0.3 is 5.11 Å². The third-order valence-corrected chi connectivity index (χ3v) is 4.55. The van der Waals surface area contributed by atoms with Crippen molar-refractivity contribution in [1.82, 2.24) is 0 Å². The van der Waals surface area contributed by atoms with Crippen LogP contribution in [0.2, 0.25) is 0 Å². The quantitative estimate of drug-likeness (QED) is 0.928. The highest BCUT2D eigenvalue weighted by Crippen LogP contribution is 2.38. The maximum absolute atomic E-state index is 12.5. The number of aliphatic hydroxyl groups excluding tert-OH is 1. The second-order valence-electron chi connectivity index (χ2n) is 5.91. The van der Waals surface area contributed by atoms with E-state index in [0.717, 1.165) is 17.5 Å². The van der Waals surface area contributed by atoms with Crippen molar-refractivity contribution in [1.29, 1.82) is 0 Å². The first-order valence-electron chi connectivity index (χ1n) is 7.50. The van der Waals surface area contributed by atoms with E-state index in [-0.39, 0.29) is 17.6 Å². The summed E-state index contributed by atoms with van der Waals surface area (Å²) in [5.41, 5.74) is 3.21. The maximum atomic E-state index is 12.5. The van der Waals surface area contributed by atoms with Crippen LogP contribution >= 0.6 is 0 Å². The molecule has 108 valence electrons. The Morgan fingerprint density at radius 2 is 1.81 bits per heavy atom. The Bertz CT molecular complexity index is 633. The molecule has 3 rings (SSSR count). The number of carbonyl (C=O) groups is 1. The second kappa shape index (κ2) is 5.82. The minimum absolute atomic E-state index is 0.0149. The number of Topliss-reactive ketones (excluding diaryl/α,β-unsaturated/α-hetero) is 1. The molecule has 2 aromatic carbocycles. The summed E-state index contributed by atoms with van der Waals surface area (Å²) in [4.78, 5) is 12.5. The fourth-order valence-corrected chi connectivity index (χ4v) is 3.20. The van der Waals surface area contributed by atoms with Gasteiger partial charge in [0.15, 0.2) is 0 Å². The normalized spacial score (nSPS) is 21.8. The van der Waals surface area contributed by atoms with Crippen molar-refractivity contribution in [3.8, 4) is 0 Å². The van der Waals surface area contributed by atoms with Gasteiger partial charge in [-0.15, -0.1) is 0 Å². The molecule has 2 unspecified atom stereocenters. The Labute approximate surface area is 125 Å². The standard InChI is InChI=1S/C19H20O2/c1-13(14-7-3-2-4-8-14)18(20)12-16-11-15-9-5-6-10-17(15)19(16)21/h2-10,13,16,19,21H,11-12H2,1H3/t13-,16?,19?/m0/s1. The molecular formula is C19H20O2. The van der Waals surface area contributed by atoms with Gasteiger partial charge in [0.25, 0.3) is 0 Å². The zero-order chi connectivity index (χ0) is 14.8. The molecule has 0 aromatic heterocycles. The van der Waals surface area contributed by atoms with Crippen LogP contribution in [-0.4, -0.2) is 10.9 Å². The van der Waals surface area contributed by atoms with Gasteiger partial charge in [0.1, 0.15) is 5.78 Å². The van der Waals surface area contributed by atoms with Gasteiger partial charge in [-0.05, 0) is 29.0 Å². The molecule has 1 N–H and O–H groups in total. The molecule has 1 aliphatic rings. The lowest BCUT2D eigenvalue weighted by atomic mass is 9.88. The number of hydrogen-bond donors (Lipinski definition) is 1. The van der Waals surface area contributed by atoms with E-state index in [1.54, 1.807) is 0 Å². The van der Waals surface area contributed by atoms with Crippen molar-refractivity contribution in [3.63, 3.8) is 0 Å². The highest BCUT2D eigenvalue weighted by Gasteiger charge is 2.33. The third-order valence-electron chi connectivity index (χ3n) is 4.55. The molecule has 0 fully saturated rings. The number of benzene rings is 2. The summed E-state index contributed by atoms with van der Waals surface area (Å²) >= 11 is 0. The number of ketones is 1. The van der Waals surface area contributed by atoms with Gasteiger partial charge in [0, 0.05) is 12.3 Å². The number of carbonyl (C=O) groups excluding carboxylic acids is 1. The Kier molecular flexibility index (Phi) is 3.89. The molecule has 0 heterocycles. The van der Waals surface area contributed by atoms with Crippen molar-refractivity contribution in [3.05, 3.63) is 71.3 Å². The summed E-state index contributed by atoms with van der Waals surface area (Å²) < 4.78 is 0. The predicted octanol–water partition coefficient (Wildman–Crippen LogP) is 3.66. The van der Waals surface area contributed by atoms with Crippen molar-refractivity contribution in [2.75, 3.05) is 0 Å². The molecule has 0 bridgehead atoms. The molecule has 21 heavy (non-hydrogen) atoms. The molecule has 1 aliphatic carbocycles. The van der Waals surface area contributed by atoms with E-state index in [4.69, 9.17) is 0 Å². The van der Waals surface area contributed by atoms with Crippen molar-refractivity contribution in [2.45, 2.75) is 31.8 Å². The predicted molar refractivity (Wildman–Crippen MR) is 83.1 cm³/mol. The summed E-state index contributed by atoms with van der Waals surface area (Å²) in [5.74, 6) is 0.112. The van der Waals surface area contributed by atoms with Crippen LogP contribution in [0.5, 0.6) is 0 Å². The molecule has 2 aromatic rings. The molecule has 2 heteroatoms. The summed E-state index contributed by atoms with van der Waals surface area (Å²) in [6.45, 7) is 1.95. The lowest BCUT2D eigenvalue weighted by molar-refractivity contribution is -0.121. The van der Waals surface area contributed by atoms with Crippen LogP contribution in [0.25, 0.3) is 0 Å². The summed E-state index contributed by atoms with van der Waals surface area (Å²) in [6, 6.07) is 17.8. The van der Waals surface area contributed by atoms with Crippen molar-refractivity contribution in [2.24, 2.45) is 5.92 Å². The summed E-state index contributed by atoms with van der Waals surface area (Å²) in [5, 5.41) is 10.4. The SMILES string of the molecule is C[C@H](C(=O)CC1Cc2ccccc2C1O)c1ccccc1. The van der Waals surface area contributed by atoms with Gasteiger partial charge in [-0.1, -0.05) is 61.5 Å². The number of aliphatic hydroxyl groups is 1. The average molecular weight is 280 g/mol.